The number of rotatable bonds is 6. The maximum atomic E-state index is 5.09. The summed E-state index contributed by atoms with van der Waals surface area (Å²) in [5.74, 6) is 1.03. The number of aromatic nitrogens is 2. The molecule has 0 saturated carbocycles. The molecule has 3 rings (SSSR count). The Morgan fingerprint density at radius 1 is 1.30 bits per heavy atom. The van der Waals surface area contributed by atoms with Crippen LogP contribution in [-0.2, 0) is 4.74 Å². The molecule has 0 aliphatic carbocycles. The van der Waals surface area contributed by atoms with Crippen LogP contribution in [0.15, 0.2) is 12.4 Å². The number of anilines is 1. The fourth-order valence-corrected chi connectivity index (χ4v) is 3.68. The van der Waals surface area contributed by atoms with Crippen molar-refractivity contribution in [3.05, 3.63) is 12.4 Å². The Balaban J connectivity index is 1.63. The summed E-state index contributed by atoms with van der Waals surface area (Å²) >= 11 is 0. The molecule has 5 heteroatoms. The molecule has 0 aromatic carbocycles. The molecule has 0 radical (unpaired) electrons. The van der Waals surface area contributed by atoms with Crippen molar-refractivity contribution in [1.82, 2.24) is 14.5 Å². The van der Waals surface area contributed by atoms with E-state index in [-0.39, 0.29) is 0 Å². The Morgan fingerprint density at radius 3 is 3.15 bits per heavy atom. The largest absolute Gasteiger partial charge is 0.385 e. The molecule has 0 amide bonds. The standard InChI is InChI=1S/C15H26N4O/c1-20-12-4-7-16-15-17-8-11-19(15)14-6-10-18-9-3-2-5-13(14)18/h8,11,13-14H,2-7,9-10,12H2,1H3,(H,16,17). The molecule has 112 valence electrons. The van der Waals surface area contributed by atoms with Gasteiger partial charge in [0.05, 0.1) is 6.04 Å². The SMILES string of the molecule is COCCCNc1nccn1C1CCN2CCCCC12. The number of fused-ring (bicyclic) bond motifs is 1. The number of hydrogen-bond acceptors (Lipinski definition) is 4. The molecule has 2 unspecified atom stereocenters. The molecule has 2 fully saturated rings. The lowest BCUT2D eigenvalue weighted by Crippen LogP contribution is -2.37. The van der Waals surface area contributed by atoms with Gasteiger partial charge in [0.25, 0.3) is 0 Å². The summed E-state index contributed by atoms with van der Waals surface area (Å²) in [6.45, 7) is 4.25. The minimum atomic E-state index is 0.600. The zero-order valence-electron chi connectivity index (χ0n) is 12.4. The molecule has 20 heavy (non-hydrogen) atoms. The van der Waals surface area contributed by atoms with Crippen LogP contribution in [0.4, 0.5) is 5.95 Å². The van der Waals surface area contributed by atoms with Crippen molar-refractivity contribution in [3.63, 3.8) is 0 Å². The highest BCUT2D eigenvalue weighted by atomic mass is 16.5. The summed E-state index contributed by atoms with van der Waals surface area (Å²) in [6.07, 6.45) is 10.4. The molecule has 1 aromatic heterocycles. The van der Waals surface area contributed by atoms with Gasteiger partial charge >= 0.3 is 0 Å². The van der Waals surface area contributed by atoms with E-state index >= 15 is 0 Å². The van der Waals surface area contributed by atoms with E-state index in [1.54, 1.807) is 7.11 Å². The average Bonchev–Trinajstić information content (AvgIpc) is 3.09. The number of piperidine rings is 1. The van der Waals surface area contributed by atoms with Gasteiger partial charge in [0.2, 0.25) is 5.95 Å². The van der Waals surface area contributed by atoms with Gasteiger partial charge in [-0.3, -0.25) is 4.90 Å². The first-order valence-electron chi connectivity index (χ1n) is 7.90. The first kappa shape index (κ1) is 13.9. The lowest BCUT2D eigenvalue weighted by molar-refractivity contribution is 0.174. The van der Waals surface area contributed by atoms with E-state index in [9.17, 15) is 0 Å². The van der Waals surface area contributed by atoms with Crippen molar-refractivity contribution in [2.45, 2.75) is 44.2 Å². The minimum Gasteiger partial charge on any atom is -0.385 e. The first-order chi connectivity index (χ1) is 9.90. The van der Waals surface area contributed by atoms with Crippen LogP contribution in [0.25, 0.3) is 0 Å². The molecule has 1 aromatic rings. The van der Waals surface area contributed by atoms with E-state index in [1.807, 2.05) is 6.20 Å². The number of nitrogens with zero attached hydrogens (tertiary/aromatic N) is 3. The minimum absolute atomic E-state index is 0.600. The molecule has 0 spiro atoms. The summed E-state index contributed by atoms with van der Waals surface area (Å²) in [7, 11) is 1.75. The van der Waals surface area contributed by atoms with Gasteiger partial charge in [-0.05, 0) is 32.2 Å². The fraction of sp³-hybridized carbons (Fsp3) is 0.800. The Labute approximate surface area is 121 Å². The Morgan fingerprint density at radius 2 is 2.25 bits per heavy atom. The van der Waals surface area contributed by atoms with Gasteiger partial charge in [0.15, 0.2) is 0 Å². The summed E-state index contributed by atoms with van der Waals surface area (Å²) in [4.78, 5) is 7.16. The maximum Gasteiger partial charge on any atom is 0.203 e. The molecule has 5 nitrogen and oxygen atoms in total. The van der Waals surface area contributed by atoms with Crippen molar-refractivity contribution in [2.75, 3.05) is 38.7 Å². The summed E-state index contributed by atoms with van der Waals surface area (Å²) in [6, 6.07) is 1.32. The first-order valence-corrected chi connectivity index (χ1v) is 7.90. The highest BCUT2D eigenvalue weighted by Gasteiger charge is 2.37. The molecular formula is C15H26N4O. The third-order valence-electron chi connectivity index (χ3n) is 4.65. The molecule has 2 aliphatic heterocycles. The Bertz CT molecular complexity index is 420. The van der Waals surface area contributed by atoms with Crippen LogP contribution < -0.4 is 5.32 Å². The van der Waals surface area contributed by atoms with Gasteiger partial charge in [0.1, 0.15) is 0 Å². The lowest BCUT2D eigenvalue weighted by Gasteiger charge is -2.33. The van der Waals surface area contributed by atoms with Crippen LogP contribution in [-0.4, -0.2) is 53.8 Å². The van der Waals surface area contributed by atoms with Crippen LogP contribution in [0, 0.1) is 0 Å². The van der Waals surface area contributed by atoms with E-state index in [0.29, 0.717) is 6.04 Å². The van der Waals surface area contributed by atoms with Crippen molar-refractivity contribution in [3.8, 4) is 0 Å². The van der Waals surface area contributed by atoms with Crippen LogP contribution in [0.2, 0.25) is 0 Å². The quantitative estimate of drug-likeness (QED) is 0.810. The highest BCUT2D eigenvalue weighted by Crippen LogP contribution is 2.36. The monoisotopic (exact) mass is 278 g/mol. The van der Waals surface area contributed by atoms with Crippen molar-refractivity contribution in [1.29, 1.82) is 0 Å². The second kappa shape index (κ2) is 6.59. The van der Waals surface area contributed by atoms with Crippen LogP contribution in [0.5, 0.6) is 0 Å². The van der Waals surface area contributed by atoms with Gasteiger partial charge in [-0.1, -0.05) is 6.42 Å². The molecule has 2 saturated heterocycles. The van der Waals surface area contributed by atoms with Crippen molar-refractivity contribution >= 4 is 5.95 Å². The van der Waals surface area contributed by atoms with Gasteiger partial charge in [0, 0.05) is 45.2 Å². The number of nitrogens with one attached hydrogen (secondary N) is 1. The third kappa shape index (κ3) is 2.83. The lowest BCUT2D eigenvalue weighted by atomic mass is 9.99. The number of methoxy groups -OCH3 is 1. The normalized spacial score (nSPS) is 26.6. The molecule has 0 bridgehead atoms. The molecule has 2 aliphatic rings. The van der Waals surface area contributed by atoms with E-state index < -0.39 is 0 Å². The van der Waals surface area contributed by atoms with E-state index in [2.05, 4.69) is 26.0 Å². The molecule has 1 N–H and O–H groups in total. The zero-order valence-corrected chi connectivity index (χ0v) is 12.4. The van der Waals surface area contributed by atoms with Crippen LogP contribution in [0.3, 0.4) is 0 Å². The Kier molecular flexibility index (Phi) is 4.58. The average molecular weight is 278 g/mol. The summed E-state index contributed by atoms with van der Waals surface area (Å²) in [5, 5.41) is 3.45. The Hall–Kier alpha value is -1.07. The number of imidazole rings is 1. The van der Waals surface area contributed by atoms with E-state index in [1.165, 1.54) is 38.8 Å². The summed E-state index contributed by atoms with van der Waals surface area (Å²) < 4.78 is 7.45. The summed E-state index contributed by atoms with van der Waals surface area (Å²) in [5.41, 5.74) is 0. The molecule has 3 heterocycles. The topological polar surface area (TPSA) is 42.3 Å². The zero-order chi connectivity index (χ0) is 13.8. The van der Waals surface area contributed by atoms with Crippen LogP contribution in [0.1, 0.15) is 38.1 Å². The van der Waals surface area contributed by atoms with Crippen LogP contribution >= 0.6 is 0 Å². The second-order valence-corrected chi connectivity index (χ2v) is 5.89. The van der Waals surface area contributed by atoms with E-state index in [0.717, 1.165) is 31.6 Å². The highest BCUT2D eigenvalue weighted by molar-refractivity contribution is 5.27. The third-order valence-corrected chi connectivity index (χ3v) is 4.65. The second-order valence-electron chi connectivity index (χ2n) is 5.89. The fourth-order valence-electron chi connectivity index (χ4n) is 3.68. The number of ether oxygens (including phenoxy) is 1. The predicted octanol–water partition coefficient (Wildman–Crippen LogP) is 2.13. The van der Waals surface area contributed by atoms with Gasteiger partial charge in [-0.25, -0.2) is 4.98 Å². The van der Waals surface area contributed by atoms with Gasteiger partial charge in [-0.2, -0.15) is 0 Å². The van der Waals surface area contributed by atoms with Gasteiger partial charge in [-0.15, -0.1) is 0 Å². The van der Waals surface area contributed by atoms with E-state index in [4.69, 9.17) is 4.74 Å². The molecule has 2 atom stereocenters. The smallest absolute Gasteiger partial charge is 0.203 e. The van der Waals surface area contributed by atoms with Crippen molar-refractivity contribution < 1.29 is 4.74 Å². The van der Waals surface area contributed by atoms with Crippen molar-refractivity contribution in [2.24, 2.45) is 0 Å². The number of hydrogen-bond donors (Lipinski definition) is 1. The maximum absolute atomic E-state index is 5.09. The predicted molar refractivity (Wildman–Crippen MR) is 80.1 cm³/mol. The van der Waals surface area contributed by atoms with Gasteiger partial charge < -0.3 is 14.6 Å². The molecular weight excluding hydrogens is 252 g/mol.